The van der Waals surface area contributed by atoms with Gasteiger partial charge in [-0.25, -0.2) is 23.2 Å². The zero-order valence-electron chi connectivity index (χ0n) is 14.1. The van der Waals surface area contributed by atoms with Crippen molar-refractivity contribution in [3.63, 3.8) is 0 Å². The Labute approximate surface area is 160 Å². The van der Waals surface area contributed by atoms with E-state index in [0.717, 1.165) is 34.2 Å². The Bertz CT molecular complexity index is 1130. The van der Waals surface area contributed by atoms with E-state index in [1.807, 2.05) is 6.07 Å². The second-order valence-corrected chi connectivity index (χ2v) is 7.95. The first-order valence-electron chi connectivity index (χ1n) is 8.30. The molecular formula is C18H15ClN2O5S. The molecule has 0 aromatic heterocycles. The van der Waals surface area contributed by atoms with Crippen LogP contribution in [0.2, 0.25) is 0 Å². The van der Waals surface area contributed by atoms with E-state index in [9.17, 15) is 0 Å². The Morgan fingerprint density at radius 2 is 1.67 bits per heavy atom. The molecule has 0 unspecified atom stereocenters. The van der Waals surface area contributed by atoms with Gasteiger partial charge < -0.3 is 4.42 Å². The van der Waals surface area contributed by atoms with Crippen LogP contribution in [0.3, 0.4) is 0 Å². The van der Waals surface area contributed by atoms with Gasteiger partial charge in [-0.1, -0.05) is 30.3 Å². The quantitative estimate of drug-likeness (QED) is 0.271. The number of thiazole rings is 1. The summed E-state index contributed by atoms with van der Waals surface area (Å²) in [4.78, 5) is 6.93. The van der Waals surface area contributed by atoms with E-state index >= 15 is 0 Å². The van der Waals surface area contributed by atoms with Crippen LogP contribution < -0.4 is 28.0 Å². The van der Waals surface area contributed by atoms with Crippen molar-refractivity contribution in [2.45, 2.75) is 12.8 Å². The summed E-state index contributed by atoms with van der Waals surface area (Å²) in [5, 5.41) is 3.65. The maximum atomic E-state index is 8.49. The number of hydrogen-bond acceptors (Lipinski definition) is 7. The van der Waals surface area contributed by atoms with Crippen LogP contribution in [0.5, 0.6) is 0 Å². The summed E-state index contributed by atoms with van der Waals surface area (Å²) in [5.74, 6) is 0.759. The highest BCUT2D eigenvalue weighted by Crippen LogP contribution is 2.32. The molecule has 0 atom stereocenters. The number of benzene rings is 2. The molecule has 2 aromatic rings. The van der Waals surface area contributed by atoms with Gasteiger partial charge in [-0.3, -0.25) is 0 Å². The van der Waals surface area contributed by atoms with Gasteiger partial charge in [0.2, 0.25) is 0 Å². The first-order valence-corrected chi connectivity index (χ1v) is 10.4. The van der Waals surface area contributed by atoms with Crippen LogP contribution in [0, 0.1) is 10.2 Å². The maximum Gasteiger partial charge on any atom is 0.382 e. The third-order valence-corrected chi connectivity index (χ3v) is 5.44. The molecule has 3 heterocycles. The van der Waals surface area contributed by atoms with Crippen molar-refractivity contribution in [1.29, 1.82) is 0 Å². The fraction of sp³-hybridized carbons (Fsp3) is 0.222. The second-order valence-electron chi connectivity index (χ2n) is 6.18. The Morgan fingerprint density at radius 3 is 2.41 bits per heavy atom. The van der Waals surface area contributed by atoms with Gasteiger partial charge in [-0.2, -0.15) is 0 Å². The zero-order chi connectivity index (χ0) is 19.0. The maximum absolute atomic E-state index is 8.49. The molecule has 0 amide bonds. The molecule has 7 nitrogen and oxygen atoms in total. The molecule has 1 fully saturated rings. The normalized spacial score (nSPS) is 14.7. The van der Waals surface area contributed by atoms with Crippen LogP contribution >= 0.6 is 11.3 Å². The van der Waals surface area contributed by atoms with Crippen molar-refractivity contribution >= 4 is 33.1 Å². The summed E-state index contributed by atoms with van der Waals surface area (Å²) in [6, 6.07) is 14.8. The van der Waals surface area contributed by atoms with Crippen molar-refractivity contribution in [2.24, 2.45) is 0 Å². The Balaban J connectivity index is 0.000000323. The number of aromatic nitrogens is 1. The summed E-state index contributed by atoms with van der Waals surface area (Å²) in [6.45, 7) is 2.23. The fourth-order valence-electron chi connectivity index (χ4n) is 3.26. The van der Waals surface area contributed by atoms with Gasteiger partial charge in [0.05, 0.1) is 13.1 Å². The Kier molecular flexibility index (Phi) is 4.85. The third-order valence-electron chi connectivity index (χ3n) is 4.40. The largest absolute Gasteiger partial charge is 0.419 e. The minimum Gasteiger partial charge on any atom is -0.419 e. The molecule has 3 aliphatic rings. The molecule has 27 heavy (non-hydrogen) atoms. The summed E-state index contributed by atoms with van der Waals surface area (Å²) >= 11 is 1.74. The van der Waals surface area contributed by atoms with Crippen LogP contribution in [-0.2, 0) is 0 Å². The van der Waals surface area contributed by atoms with Gasteiger partial charge >= 0.3 is 10.7 Å². The molecule has 3 aliphatic heterocycles. The lowest BCUT2D eigenvalue weighted by Gasteiger charge is -2.17. The number of halogens is 1. The van der Waals surface area contributed by atoms with E-state index in [2.05, 4.69) is 41.0 Å². The number of hydrogen-bond donors (Lipinski definition) is 0. The molecule has 9 heteroatoms. The van der Waals surface area contributed by atoms with Crippen LogP contribution in [0.25, 0.3) is 32.5 Å². The molecule has 0 N–H and O–H groups in total. The summed E-state index contributed by atoms with van der Waals surface area (Å²) in [5.41, 5.74) is 0.907. The summed E-state index contributed by atoms with van der Waals surface area (Å²) < 4.78 is 42.4. The minimum atomic E-state index is -4.94. The zero-order valence-corrected chi connectivity index (χ0v) is 15.7. The Morgan fingerprint density at radius 1 is 0.963 bits per heavy atom. The van der Waals surface area contributed by atoms with Gasteiger partial charge in [0.25, 0.3) is 0 Å². The highest BCUT2D eigenvalue weighted by atomic mass is 35.7. The van der Waals surface area contributed by atoms with Crippen LogP contribution in [0.15, 0.2) is 46.9 Å². The first kappa shape index (κ1) is 18.3. The van der Waals surface area contributed by atoms with Crippen LogP contribution in [0.4, 0.5) is 0 Å². The lowest BCUT2D eigenvalue weighted by Crippen LogP contribution is -2.68. The first-order chi connectivity index (χ1) is 12.9. The predicted molar refractivity (Wildman–Crippen MR) is 90.3 cm³/mol. The monoisotopic (exact) mass is 406 g/mol. The van der Waals surface area contributed by atoms with Gasteiger partial charge in [0.1, 0.15) is 10.5 Å². The average molecular weight is 407 g/mol. The van der Waals surface area contributed by atoms with E-state index in [0.29, 0.717) is 0 Å². The highest BCUT2D eigenvalue weighted by Gasteiger charge is 2.22. The molecule has 0 saturated carbocycles. The molecule has 0 spiro atoms. The molecule has 0 bridgehead atoms. The van der Waals surface area contributed by atoms with Crippen LogP contribution in [0.1, 0.15) is 12.8 Å². The molecule has 140 valence electrons. The topological polar surface area (TPSA) is 121 Å². The summed E-state index contributed by atoms with van der Waals surface area (Å²) in [6.07, 6.45) is 2.53. The molecule has 2 aromatic carbocycles. The van der Waals surface area contributed by atoms with E-state index in [1.165, 1.54) is 29.0 Å². The Hall–Kier alpha value is -2.07. The van der Waals surface area contributed by atoms with Crippen molar-refractivity contribution in [2.75, 3.05) is 13.1 Å². The molecular weight excluding hydrogens is 392 g/mol. The standard InChI is InChI=1S/C18H15N2OS.ClHO4/c1-2-6-13-12(5-1)7-8-15-14(13)11-16-17(21-15)19-18(22-16)20-9-3-4-10-20;2-1(3,4)5/h1-2,5-8,11H,3-4,9-10H2;(H,2,3,4,5)/q+1;/p-1. The highest BCUT2D eigenvalue weighted by molar-refractivity contribution is 7.12. The van der Waals surface area contributed by atoms with Gasteiger partial charge in [0.15, 0.2) is 0 Å². The SMILES string of the molecule is [O-][Cl+3]([O-])([O-])[O-].c1ccc2c(c1)ccc1oc3nc(=[N+]4CCCC4)sc-3cc12. The summed E-state index contributed by atoms with van der Waals surface area (Å²) in [7, 11) is -4.94. The van der Waals surface area contributed by atoms with E-state index in [-0.39, 0.29) is 0 Å². The lowest BCUT2D eigenvalue weighted by atomic mass is 10.1. The smallest absolute Gasteiger partial charge is 0.382 e. The second kappa shape index (κ2) is 7.16. The predicted octanol–water partition coefficient (Wildman–Crippen LogP) is -1.04. The van der Waals surface area contributed by atoms with Crippen LogP contribution in [-0.4, -0.2) is 18.1 Å². The third kappa shape index (κ3) is 4.11. The van der Waals surface area contributed by atoms with E-state index in [4.69, 9.17) is 28.0 Å². The molecule has 1 saturated heterocycles. The van der Waals surface area contributed by atoms with Gasteiger partial charge in [0, 0.05) is 10.4 Å². The number of nitrogens with zero attached hydrogens (tertiary/aromatic N) is 2. The fourth-order valence-corrected chi connectivity index (χ4v) is 4.25. The van der Waals surface area contributed by atoms with Crippen molar-refractivity contribution in [1.82, 2.24) is 9.56 Å². The molecule has 0 aliphatic carbocycles. The van der Waals surface area contributed by atoms with E-state index in [1.54, 1.807) is 11.3 Å². The van der Waals surface area contributed by atoms with Crippen molar-refractivity contribution in [3.8, 4) is 10.8 Å². The molecule has 5 rings (SSSR count). The number of fused-ring (bicyclic) bond motifs is 4. The average Bonchev–Trinajstić information content (AvgIpc) is 3.27. The minimum absolute atomic E-state index is 0.759. The number of rotatable bonds is 0. The van der Waals surface area contributed by atoms with Gasteiger partial charge in [-0.15, -0.1) is 10.2 Å². The van der Waals surface area contributed by atoms with E-state index < -0.39 is 10.2 Å². The lowest BCUT2D eigenvalue weighted by molar-refractivity contribution is -2.00. The van der Waals surface area contributed by atoms with Gasteiger partial charge in [-0.05, 0) is 47.1 Å². The van der Waals surface area contributed by atoms with Crippen molar-refractivity contribution in [3.05, 3.63) is 47.3 Å². The van der Waals surface area contributed by atoms with Crippen molar-refractivity contribution < 1.29 is 33.3 Å². The molecule has 0 radical (unpaired) electrons.